The minimum Gasteiger partial charge on any atom is -0.481 e. The molecule has 27 unspecified atom stereocenters. The molecule has 10 bridgehead atoms. The first kappa shape index (κ1) is 67.3. The molecule has 0 spiro atoms. The number of halogens is 15. The van der Waals surface area contributed by atoms with Gasteiger partial charge in [-0.05, 0) is 213 Å². The highest BCUT2D eigenvalue weighted by Gasteiger charge is 2.77. The second kappa shape index (κ2) is 23.8. The number of hydrogen-bond donors (Lipinski definition) is 6. The van der Waals surface area contributed by atoms with Crippen LogP contribution >= 0.6 is 0 Å². The molecule has 0 aromatic rings. The van der Waals surface area contributed by atoms with Gasteiger partial charge in [0.15, 0.2) is 0 Å². The maximum atomic E-state index is 12.8. The second-order valence-electron chi connectivity index (χ2n) is 27.6. The number of alkyl halides is 15. The Morgan fingerprint density at radius 2 is 0.762 bits per heavy atom. The van der Waals surface area contributed by atoms with Gasteiger partial charge < -0.3 is 30.6 Å². The molecule has 27 atom stereocenters. The van der Waals surface area contributed by atoms with E-state index in [1.165, 1.54) is 12.8 Å². The third kappa shape index (κ3) is 12.3. The van der Waals surface area contributed by atoms with Gasteiger partial charge in [-0.3, -0.25) is 4.79 Å². The van der Waals surface area contributed by atoms with Crippen molar-refractivity contribution in [3.63, 3.8) is 0 Å². The van der Waals surface area contributed by atoms with Crippen molar-refractivity contribution >= 4 is 5.97 Å². The summed E-state index contributed by atoms with van der Waals surface area (Å²) in [6, 6.07) is 0. The Kier molecular flexibility index (Phi) is 20.1. The quantitative estimate of drug-likeness (QED) is 0.133. The summed E-state index contributed by atoms with van der Waals surface area (Å²) in [5, 5.41) is 55.3. The Hall–Kier alpha value is -1.78. The highest BCUT2D eigenvalue weighted by molar-refractivity contribution is 5.71. The number of hydrogen-bond acceptors (Lipinski definition) is 6. The van der Waals surface area contributed by atoms with Gasteiger partial charge in [0, 0.05) is 19.1 Å². The molecule has 10 saturated carbocycles. The zero-order chi connectivity index (χ0) is 60.9. The number of aliphatic hydroxyl groups excluding tert-OH is 3. The summed E-state index contributed by atoms with van der Waals surface area (Å²) < 4.78 is 190. The molecule has 10 rings (SSSR count). The van der Waals surface area contributed by atoms with Gasteiger partial charge in [-0.2, -0.15) is 65.9 Å². The average molecular weight is 1180 g/mol. The van der Waals surface area contributed by atoms with Crippen LogP contribution in [0.3, 0.4) is 0 Å². The molecule has 0 aromatic carbocycles. The van der Waals surface area contributed by atoms with Crippen molar-refractivity contribution in [1.29, 1.82) is 0 Å². The van der Waals surface area contributed by atoms with E-state index < -0.39 is 78.3 Å². The Morgan fingerprint density at radius 3 is 1.07 bits per heavy atom. The summed E-state index contributed by atoms with van der Waals surface area (Å²) in [5.41, 5.74) is -9.16. The third-order valence-corrected chi connectivity index (χ3v) is 24.8. The summed E-state index contributed by atoms with van der Waals surface area (Å²) in [6.45, 7) is 21.3. The van der Waals surface area contributed by atoms with Gasteiger partial charge in [0.1, 0.15) is 6.10 Å². The van der Waals surface area contributed by atoms with Crippen molar-refractivity contribution in [2.24, 2.45) is 154 Å². The highest BCUT2D eigenvalue weighted by Crippen LogP contribution is 2.64. The van der Waals surface area contributed by atoms with Crippen LogP contribution in [0.25, 0.3) is 0 Å². The molecule has 468 valence electrons. The molecule has 0 radical (unpaired) electrons. The first-order valence-electron chi connectivity index (χ1n) is 29.3. The van der Waals surface area contributed by atoms with Gasteiger partial charge in [-0.15, -0.1) is 0 Å². The van der Waals surface area contributed by atoms with Gasteiger partial charge in [-0.1, -0.05) is 69.2 Å². The van der Waals surface area contributed by atoms with Crippen LogP contribution in [0.2, 0.25) is 0 Å². The largest absolute Gasteiger partial charge is 0.481 e. The molecule has 0 heterocycles. The number of carboxylic acids is 1. The lowest BCUT2D eigenvalue weighted by atomic mass is 9.68. The summed E-state index contributed by atoms with van der Waals surface area (Å²) in [5.74, 6) is 4.80. The van der Waals surface area contributed by atoms with Crippen LogP contribution in [0.15, 0.2) is 0 Å². The van der Waals surface area contributed by atoms with Gasteiger partial charge in [0.25, 0.3) is 11.2 Å². The summed E-state index contributed by atoms with van der Waals surface area (Å²) >= 11 is 0. The molecular formula is C58H89F15O7. The van der Waals surface area contributed by atoms with Crippen LogP contribution in [0.5, 0.6) is 0 Å². The maximum absolute atomic E-state index is 12.8. The van der Waals surface area contributed by atoms with E-state index in [1.807, 2.05) is 20.8 Å². The van der Waals surface area contributed by atoms with E-state index in [1.54, 1.807) is 6.92 Å². The van der Waals surface area contributed by atoms with Crippen molar-refractivity contribution in [1.82, 2.24) is 0 Å². The van der Waals surface area contributed by atoms with Crippen molar-refractivity contribution in [3.8, 4) is 0 Å². The maximum Gasteiger partial charge on any atom is 0.426 e. The Balaban J connectivity index is 0.000000163. The fourth-order valence-corrected chi connectivity index (χ4v) is 18.9. The lowest BCUT2D eigenvalue weighted by molar-refractivity contribution is -0.390. The third-order valence-electron chi connectivity index (χ3n) is 24.8. The van der Waals surface area contributed by atoms with E-state index in [-0.39, 0.29) is 73.4 Å². The molecule has 0 amide bonds. The van der Waals surface area contributed by atoms with Crippen LogP contribution in [0, 0.1) is 154 Å². The zero-order valence-electron chi connectivity index (χ0n) is 47.5. The van der Waals surface area contributed by atoms with Crippen LogP contribution in [-0.4, -0.2) is 98.0 Å². The molecule has 0 aromatic heterocycles. The predicted octanol–water partition coefficient (Wildman–Crippen LogP) is 14.3. The van der Waals surface area contributed by atoms with Crippen LogP contribution in [-0.2, 0) is 4.79 Å². The highest BCUT2D eigenvalue weighted by atomic mass is 19.4. The van der Waals surface area contributed by atoms with Gasteiger partial charge >= 0.3 is 36.9 Å². The molecule has 0 aliphatic heterocycles. The molecular weight excluding hydrogens is 1090 g/mol. The first-order valence-corrected chi connectivity index (χ1v) is 29.3. The Labute approximate surface area is 461 Å². The minimum absolute atomic E-state index is 0.0267. The van der Waals surface area contributed by atoms with Crippen molar-refractivity contribution in [3.05, 3.63) is 0 Å². The lowest BCUT2D eigenvalue weighted by Gasteiger charge is -2.43. The van der Waals surface area contributed by atoms with Crippen molar-refractivity contribution in [2.75, 3.05) is 13.2 Å². The summed E-state index contributed by atoms with van der Waals surface area (Å²) in [7, 11) is 0. The predicted molar refractivity (Wildman–Crippen MR) is 266 cm³/mol. The number of aliphatic carboxylic acids is 1. The number of rotatable bonds is 8. The summed E-state index contributed by atoms with van der Waals surface area (Å²) in [4.78, 5) is 10.8. The number of carboxylic acid groups (broad SMARTS) is 1. The SMILES string of the molecule is CC1C(C)C2CC1C(CO)C2CO.CC1C2CC(C(=O)O)C(C2)C1C.CC1C2CC(C1C)C(C(O)(C(F)(F)F)C(F)(F)F)C2.CC1C2CC(CC(O)(C(F)(F)F)C(F)(F)F)C(C2)C1C.CC1C2CC(CC(O)C(F)(F)F)C(C2)C1C. The van der Waals surface area contributed by atoms with Crippen LogP contribution < -0.4 is 0 Å². The minimum atomic E-state index is -5.69. The molecule has 7 nitrogen and oxygen atoms in total. The van der Waals surface area contributed by atoms with Gasteiger partial charge in [0.05, 0.1) is 5.92 Å². The zero-order valence-corrected chi connectivity index (χ0v) is 47.5. The molecule has 0 saturated heterocycles. The van der Waals surface area contributed by atoms with E-state index in [0.717, 1.165) is 37.0 Å². The van der Waals surface area contributed by atoms with Crippen LogP contribution in [0.1, 0.15) is 140 Å². The van der Waals surface area contributed by atoms with E-state index in [9.17, 15) is 91.1 Å². The molecule has 10 aliphatic carbocycles. The molecule has 10 aliphatic rings. The smallest absolute Gasteiger partial charge is 0.426 e. The fourth-order valence-electron chi connectivity index (χ4n) is 18.9. The normalized spacial score (nSPS) is 44.7. The van der Waals surface area contributed by atoms with E-state index in [0.29, 0.717) is 90.3 Å². The topological polar surface area (TPSA) is 138 Å². The fraction of sp³-hybridized carbons (Fsp3) is 0.983. The standard InChI is InChI=1S/C13H18F6O.C12H16F6O.C12H19F3O.C11H20O2.C10H16O2/c1-6-7(2)10-4-8(6)3-9(10)5-11(20,12(14,15)16)13(17,18)19;1-5-6(2)8-3-7(5)4-9(8)10(19,11(13,14)15)12(16,17)18;1-6-7(2)10-4-8(6)3-9(10)5-11(16)12(13,14)15;1-6-7(2)9-3-8(6)10(4-12)11(9)5-13;1-5-6(2)8-3-7(5)4-9(8)10(11)12/h6-10,20H,3-5H2,1-2H3;5-9,19H,3-4H2,1-2H3;6-11,16H,3-5H2,1-2H3;6-13H,3-5H2,1-2H3;5-9H,3-4H2,1-2H3,(H,11,12). The Bertz CT molecular complexity index is 2000. The van der Waals surface area contributed by atoms with Gasteiger partial charge in [-0.25, -0.2) is 0 Å². The summed E-state index contributed by atoms with van der Waals surface area (Å²) in [6.07, 6.45) is -24.2. The van der Waals surface area contributed by atoms with Crippen LogP contribution in [0.4, 0.5) is 65.9 Å². The van der Waals surface area contributed by atoms with Gasteiger partial charge in [0.2, 0.25) is 0 Å². The average Bonchev–Trinajstić information content (AvgIpc) is 4.24. The van der Waals surface area contributed by atoms with Crippen molar-refractivity contribution < 1.29 is 101 Å². The monoisotopic (exact) mass is 1180 g/mol. The number of carbonyl (C=O) groups is 1. The molecule has 10 fully saturated rings. The van der Waals surface area contributed by atoms with E-state index in [4.69, 9.17) is 10.2 Å². The Morgan fingerprint density at radius 1 is 0.425 bits per heavy atom. The lowest BCUT2D eigenvalue weighted by Crippen LogP contribution is -2.63. The van der Waals surface area contributed by atoms with Crippen molar-refractivity contribution in [2.45, 2.75) is 188 Å². The second-order valence-corrected chi connectivity index (χ2v) is 27.6. The van der Waals surface area contributed by atoms with E-state index in [2.05, 4.69) is 41.5 Å². The number of fused-ring (bicyclic) bond motifs is 10. The number of aliphatic hydroxyl groups is 5. The molecule has 22 heteroatoms. The molecule has 6 N–H and O–H groups in total. The van der Waals surface area contributed by atoms with E-state index >= 15 is 0 Å². The molecule has 80 heavy (non-hydrogen) atoms. The first-order chi connectivity index (χ1) is 36.4.